The van der Waals surface area contributed by atoms with Crippen molar-refractivity contribution in [2.24, 2.45) is 5.92 Å². The van der Waals surface area contributed by atoms with Crippen molar-refractivity contribution < 1.29 is 9.84 Å². The van der Waals surface area contributed by atoms with Crippen molar-refractivity contribution in [1.82, 2.24) is 0 Å². The summed E-state index contributed by atoms with van der Waals surface area (Å²) in [5.41, 5.74) is 1.01. The first-order valence-electron chi connectivity index (χ1n) is 4.60. The minimum atomic E-state index is -0.392. The molecular weight excluding hydrogens is 152 g/mol. The SMILES string of the molecule is CC1=CC(O)C2(C(C)C)OC2C1. The Labute approximate surface area is 73.2 Å². The van der Waals surface area contributed by atoms with E-state index < -0.39 is 6.10 Å². The molecular formula is C10H16O2. The summed E-state index contributed by atoms with van der Waals surface area (Å²) in [7, 11) is 0. The van der Waals surface area contributed by atoms with Crippen molar-refractivity contribution in [2.45, 2.75) is 45.0 Å². The van der Waals surface area contributed by atoms with E-state index in [4.69, 9.17) is 4.74 Å². The van der Waals surface area contributed by atoms with Crippen molar-refractivity contribution in [3.8, 4) is 0 Å². The third-order valence-electron chi connectivity index (χ3n) is 3.11. The van der Waals surface area contributed by atoms with Crippen LogP contribution < -0.4 is 0 Å². The third-order valence-corrected chi connectivity index (χ3v) is 3.11. The average Bonchev–Trinajstić information content (AvgIpc) is 2.62. The first-order chi connectivity index (χ1) is 5.57. The number of epoxide rings is 1. The predicted molar refractivity (Wildman–Crippen MR) is 46.8 cm³/mol. The molecule has 2 rings (SSSR count). The number of hydrogen-bond donors (Lipinski definition) is 1. The molecule has 1 fully saturated rings. The summed E-state index contributed by atoms with van der Waals surface area (Å²) in [5.74, 6) is 0.404. The minimum Gasteiger partial charge on any atom is -0.386 e. The summed E-state index contributed by atoms with van der Waals surface area (Å²) in [4.78, 5) is 0. The molecule has 3 unspecified atom stereocenters. The minimum absolute atomic E-state index is 0.237. The van der Waals surface area contributed by atoms with Gasteiger partial charge in [0.25, 0.3) is 0 Å². The van der Waals surface area contributed by atoms with E-state index in [9.17, 15) is 5.11 Å². The molecule has 1 heterocycles. The van der Waals surface area contributed by atoms with E-state index in [0.717, 1.165) is 6.42 Å². The summed E-state index contributed by atoms with van der Waals surface area (Å²) >= 11 is 0. The van der Waals surface area contributed by atoms with Gasteiger partial charge in [-0.15, -0.1) is 0 Å². The van der Waals surface area contributed by atoms with Crippen LogP contribution in [0.5, 0.6) is 0 Å². The predicted octanol–water partition coefficient (Wildman–Crippen LogP) is 1.49. The highest BCUT2D eigenvalue weighted by Crippen LogP contribution is 2.51. The smallest absolute Gasteiger partial charge is 0.127 e. The van der Waals surface area contributed by atoms with E-state index in [1.165, 1.54) is 5.57 Å². The highest BCUT2D eigenvalue weighted by Gasteiger charge is 2.63. The zero-order valence-corrected chi connectivity index (χ0v) is 7.87. The second-order valence-corrected chi connectivity index (χ2v) is 4.28. The molecule has 0 spiro atoms. The molecule has 1 aliphatic carbocycles. The zero-order valence-electron chi connectivity index (χ0n) is 7.87. The fourth-order valence-corrected chi connectivity index (χ4v) is 2.28. The largest absolute Gasteiger partial charge is 0.386 e. The van der Waals surface area contributed by atoms with Gasteiger partial charge in [-0.1, -0.05) is 25.5 Å². The Morgan fingerprint density at radius 1 is 1.67 bits per heavy atom. The van der Waals surface area contributed by atoms with Gasteiger partial charge >= 0.3 is 0 Å². The molecule has 0 amide bonds. The molecule has 1 aliphatic heterocycles. The van der Waals surface area contributed by atoms with E-state index in [0.29, 0.717) is 5.92 Å². The number of aliphatic hydroxyl groups is 1. The van der Waals surface area contributed by atoms with Crippen LogP contribution in [0.3, 0.4) is 0 Å². The maximum atomic E-state index is 9.81. The quantitative estimate of drug-likeness (QED) is 0.475. The van der Waals surface area contributed by atoms with Crippen LogP contribution >= 0.6 is 0 Å². The number of hydrogen-bond acceptors (Lipinski definition) is 2. The van der Waals surface area contributed by atoms with Crippen LogP contribution in [0.1, 0.15) is 27.2 Å². The van der Waals surface area contributed by atoms with Crippen molar-refractivity contribution in [1.29, 1.82) is 0 Å². The Hall–Kier alpha value is -0.340. The van der Waals surface area contributed by atoms with Crippen LogP contribution in [-0.2, 0) is 4.74 Å². The lowest BCUT2D eigenvalue weighted by Crippen LogP contribution is -2.38. The van der Waals surface area contributed by atoms with Crippen LogP contribution in [0.25, 0.3) is 0 Å². The molecule has 0 bridgehead atoms. The maximum absolute atomic E-state index is 9.81. The average molecular weight is 168 g/mol. The van der Waals surface area contributed by atoms with Crippen LogP contribution in [0.15, 0.2) is 11.6 Å². The fraction of sp³-hybridized carbons (Fsp3) is 0.800. The van der Waals surface area contributed by atoms with Gasteiger partial charge in [-0.3, -0.25) is 0 Å². The molecule has 0 saturated carbocycles. The van der Waals surface area contributed by atoms with Gasteiger partial charge < -0.3 is 9.84 Å². The molecule has 2 nitrogen and oxygen atoms in total. The summed E-state index contributed by atoms with van der Waals surface area (Å²) in [6.45, 7) is 6.27. The third kappa shape index (κ3) is 0.882. The van der Waals surface area contributed by atoms with Crippen LogP contribution in [0.2, 0.25) is 0 Å². The Bertz CT molecular complexity index is 232. The summed E-state index contributed by atoms with van der Waals surface area (Å²) < 4.78 is 5.61. The van der Waals surface area contributed by atoms with Gasteiger partial charge in [0.1, 0.15) is 11.7 Å². The standard InChI is InChI=1S/C10H16O2/c1-6(2)10-8(11)4-7(3)5-9(10)12-10/h4,6,8-9,11H,5H2,1-3H3. The topological polar surface area (TPSA) is 32.8 Å². The molecule has 0 aromatic rings. The lowest BCUT2D eigenvalue weighted by Gasteiger charge is -2.24. The van der Waals surface area contributed by atoms with Crippen molar-refractivity contribution in [3.05, 3.63) is 11.6 Å². The highest BCUT2D eigenvalue weighted by atomic mass is 16.6. The van der Waals surface area contributed by atoms with Crippen LogP contribution in [0, 0.1) is 5.92 Å². The van der Waals surface area contributed by atoms with E-state index in [-0.39, 0.29) is 11.7 Å². The number of fused-ring (bicyclic) bond motifs is 1. The Balaban J connectivity index is 2.24. The molecule has 2 heteroatoms. The normalized spacial score (nSPS) is 45.6. The van der Waals surface area contributed by atoms with Gasteiger partial charge in [0.15, 0.2) is 0 Å². The van der Waals surface area contributed by atoms with Crippen LogP contribution in [0.4, 0.5) is 0 Å². The fourth-order valence-electron chi connectivity index (χ4n) is 2.28. The van der Waals surface area contributed by atoms with Gasteiger partial charge in [-0.05, 0) is 19.3 Å². The van der Waals surface area contributed by atoms with Crippen LogP contribution in [-0.4, -0.2) is 22.9 Å². The summed E-state index contributed by atoms with van der Waals surface area (Å²) in [6.07, 6.45) is 2.81. The molecule has 0 aromatic carbocycles. The van der Waals surface area contributed by atoms with Gasteiger partial charge in [0.2, 0.25) is 0 Å². The lowest BCUT2D eigenvalue weighted by molar-refractivity contribution is 0.0804. The van der Waals surface area contributed by atoms with Crippen molar-refractivity contribution >= 4 is 0 Å². The monoisotopic (exact) mass is 168 g/mol. The Morgan fingerprint density at radius 2 is 2.33 bits per heavy atom. The van der Waals surface area contributed by atoms with E-state index in [2.05, 4.69) is 20.8 Å². The van der Waals surface area contributed by atoms with Gasteiger partial charge in [0, 0.05) is 0 Å². The summed E-state index contributed by atoms with van der Waals surface area (Å²) in [6, 6.07) is 0. The van der Waals surface area contributed by atoms with Crippen molar-refractivity contribution in [3.63, 3.8) is 0 Å². The molecule has 68 valence electrons. The Morgan fingerprint density at radius 3 is 2.83 bits per heavy atom. The first-order valence-corrected chi connectivity index (χ1v) is 4.60. The molecule has 12 heavy (non-hydrogen) atoms. The second-order valence-electron chi connectivity index (χ2n) is 4.28. The van der Waals surface area contributed by atoms with Gasteiger partial charge in [-0.2, -0.15) is 0 Å². The number of rotatable bonds is 1. The molecule has 1 saturated heterocycles. The van der Waals surface area contributed by atoms with Crippen molar-refractivity contribution in [2.75, 3.05) is 0 Å². The van der Waals surface area contributed by atoms with E-state index in [1.54, 1.807) is 0 Å². The molecule has 2 aliphatic rings. The van der Waals surface area contributed by atoms with E-state index >= 15 is 0 Å². The molecule has 0 aromatic heterocycles. The Kier molecular flexibility index (Phi) is 1.61. The lowest BCUT2D eigenvalue weighted by atomic mass is 9.80. The van der Waals surface area contributed by atoms with E-state index in [1.807, 2.05) is 6.08 Å². The first kappa shape index (κ1) is 8.27. The molecule has 0 radical (unpaired) electrons. The molecule has 3 atom stereocenters. The summed E-state index contributed by atoms with van der Waals surface area (Å²) in [5, 5.41) is 9.81. The zero-order chi connectivity index (χ0) is 8.93. The highest BCUT2D eigenvalue weighted by molar-refractivity contribution is 5.25. The number of aliphatic hydroxyl groups excluding tert-OH is 1. The van der Waals surface area contributed by atoms with Gasteiger partial charge in [-0.25, -0.2) is 0 Å². The van der Waals surface area contributed by atoms with Gasteiger partial charge in [0.05, 0.1) is 6.10 Å². The molecule has 1 N–H and O–H groups in total. The second kappa shape index (κ2) is 2.33. The maximum Gasteiger partial charge on any atom is 0.127 e. The number of ether oxygens (including phenoxy) is 1.